The fourth-order valence-electron chi connectivity index (χ4n) is 1.29. The highest BCUT2D eigenvalue weighted by Gasteiger charge is 2.44. The Bertz CT molecular complexity index is 167. The first-order chi connectivity index (χ1) is 5.11. The van der Waals surface area contributed by atoms with E-state index in [9.17, 15) is 4.79 Å². The summed E-state index contributed by atoms with van der Waals surface area (Å²) < 4.78 is 0. The smallest absolute Gasteiger partial charge is 0.326 e. The predicted octanol–water partition coefficient (Wildman–Crippen LogP) is -0.439. The molecular weight excluding hydrogens is 146 g/mol. The molecule has 0 saturated heterocycles. The Morgan fingerprint density at radius 2 is 2.18 bits per heavy atom. The van der Waals surface area contributed by atoms with Crippen molar-refractivity contribution in [3.05, 3.63) is 0 Å². The van der Waals surface area contributed by atoms with Crippen molar-refractivity contribution in [2.75, 3.05) is 6.61 Å². The summed E-state index contributed by atoms with van der Waals surface area (Å²) in [4.78, 5) is 10.6. The second-order valence-electron chi connectivity index (χ2n) is 3.13. The zero-order chi connectivity index (χ0) is 8.48. The number of carboxylic acid groups (broad SMARTS) is 1. The monoisotopic (exact) mass is 159 g/mol. The lowest BCUT2D eigenvalue weighted by Crippen LogP contribution is -2.59. The third kappa shape index (κ3) is 1.23. The van der Waals surface area contributed by atoms with Gasteiger partial charge in [-0.25, -0.2) is 0 Å². The number of carboxylic acids is 1. The number of rotatable bonds is 3. The van der Waals surface area contributed by atoms with Gasteiger partial charge in [0.25, 0.3) is 0 Å². The number of hydrogen-bond acceptors (Lipinski definition) is 3. The molecule has 0 aromatic rings. The minimum absolute atomic E-state index is 0.0370. The molecule has 1 fully saturated rings. The molecule has 0 heterocycles. The number of aliphatic hydroxyl groups is 1. The number of nitrogens with two attached hydrogens (primary N) is 1. The summed E-state index contributed by atoms with van der Waals surface area (Å²) in [6.45, 7) is -0.465. The summed E-state index contributed by atoms with van der Waals surface area (Å²) in [5.74, 6) is -1.13. The molecule has 64 valence electrons. The molecule has 0 aromatic carbocycles. The number of aliphatic carboxylic acids is 1. The summed E-state index contributed by atoms with van der Waals surface area (Å²) in [5, 5.41) is 17.5. The summed E-state index contributed by atoms with van der Waals surface area (Å²) in [6, 6.07) is 0. The van der Waals surface area contributed by atoms with E-state index in [0.717, 1.165) is 19.3 Å². The van der Waals surface area contributed by atoms with Gasteiger partial charge in [0, 0.05) is 0 Å². The van der Waals surface area contributed by atoms with Gasteiger partial charge in [0.05, 0.1) is 6.61 Å². The first-order valence-corrected chi connectivity index (χ1v) is 3.74. The molecule has 0 spiro atoms. The average Bonchev–Trinajstić information content (AvgIpc) is 1.83. The van der Waals surface area contributed by atoms with Crippen LogP contribution in [0.1, 0.15) is 19.3 Å². The Kier molecular flexibility index (Phi) is 2.15. The normalized spacial score (nSPS) is 23.8. The molecule has 1 saturated carbocycles. The molecular formula is C7H13NO3. The lowest BCUT2D eigenvalue weighted by molar-refractivity contribution is -0.149. The second-order valence-corrected chi connectivity index (χ2v) is 3.13. The van der Waals surface area contributed by atoms with E-state index in [1.54, 1.807) is 0 Å². The van der Waals surface area contributed by atoms with E-state index in [0.29, 0.717) is 0 Å². The van der Waals surface area contributed by atoms with E-state index in [-0.39, 0.29) is 5.92 Å². The van der Waals surface area contributed by atoms with Crippen molar-refractivity contribution in [3.8, 4) is 0 Å². The summed E-state index contributed by atoms with van der Waals surface area (Å²) in [6.07, 6.45) is 2.67. The van der Waals surface area contributed by atoms with Crippen LogP contribution in [0.3, 0.4) is 0 Å². The van der Waals surface area contributed by atoms with Crippen LogP contribution in [0.5, 0.6) is 0 Å². The molecule has 0 aliphatic heterocycles. The van der Waals surface area contributed by atoms with Crippen molar-refractivity contribution in [2.45, 2.75) is 24.8 Å². The summed E-state index contributed by atoms with van der Waals surface area (Å²) in [7, 11) is 0. The molecule has 11 heavy (non-hydrogen) atoms. The molecule has 0 bridgehead atoms. The maximum Gasteiger partial charge on any atom is 0.326 e. The van der Waals surface area contributed by atoms with Crippen LogP contribution in [-0.4, -0.2) is 28.3 Å². The van der Waals surface area contributed by atoms with Gasteiger partial charge >= 0.3 is 5.97 Å². The molecule has 1 aliphatic rings. The Morgan fingerprint density at radius 3 is 2.27 bits per heavy atom. The third-order valence-corrected chi connectivity index (χ3v) is 2.49. The van der Waals surface area contributed by atoms with E-state index in [1.807, 2.05) is 0 Å². The van der Waals surface area contributed by atoms with Gasteiger partial charge in [-0.15, -0.1) is 0 Å². The molecule has 1 atom stereocenters. The van der Waals surface area contributed by atoms with Crippen molar-refractivity contribution in [1.82, 2.24) is 0 Å². The fraction of sp³-hybridized carbons (Fsp3) is 0.857. The van der Waals surface area contributed by atoms with Crippen molar-refractivity contribution in [3.63, 3.8) is 0 Å². The molecule has 0 radical (unpaired) electrons. The first kappa shape index (κ1) is 8.49. The average molecular weight is 159 g/mol. The SMILES string of the molecule is NC(CO)(C(=O)O)C1CCC1. The Hall–Kier alpha value is -0.610. The van der Waals surface area contributed by atoms with E-state index in [1.165, 1.54) is 0 Å². The molecule has 1 unspecified atom stereocenters. The maximum absolute atomic E-state index is 10.6. The number of aliphatic hydroxyl groups excluding tert-OH is 1. The molecule has 4 N–H and O–H groups in total. The standard InChI is InChI=1S/C7H13NO3/c8-7(4-9,6(10)11)5-2-1-3-5/h5,9H,1-4,8H2,(H,10,11). The lowest BCUT2D eigenvalue weighted by Gasteiger charge is -2.37. The van der Waals surface area contributed by atoms with Crippen molar-refractivity contribution in [2.24, 2.45) is 11.7 Å². The van der Waals surface area contributed by atoms with Crippen LogP contribution in [0.25, 0.3) is 0 Å². The predicted molar refractivity (Wildman–Crippen MR) is 39.0 cm³/mol. The van der Waals surface area contributed by atoms with Gasteiger partial charge in [0.15, 0.2) is 0 Å². The second kappa shape index (κ2) is 2.79. The lowest BCUT2D eigenvalue weighted by atomic mass is 9.71. The molecule has 1 rings (SSSR count). The molecule has 0 aromatic heterocycles. The van der Waals surface area contributed by atoms with Crippen LogP contribution >= 0.6 is 0 Å². The molecule has 4 heteroatoms. The third-order valence-electron chi connectivity index (χ3n) is 2.49. The van der Waals surface area contributed by atoms with Gasteiger partial charge in [-0.2, -0.15) is 0 Å². The van der Waals surface area contributed by atoms with Crippen LogP contribution in [-0.2, 0) is 4.79 Å². The van der Waals surface area contributed by atoms with E-state index in [4.69, 9.17) is 15.9 Å². The van der Waals surface area contributed by atoms with E-state index < -0.39 is 18.1 Å². The van der Waals surface area contributed by atoms with Gasteiger partial charge in [-0.3, -0.25) is 4.79 Å². The topological polar surface area (TPSA) is 83.5 Å². The van der Waals surface area contributed by atoms with Crippen molar-refractivity contribution in [1.29, 1.82) is 0 Å². The number of carbonyl (C=O) groups is 1. The highest BCUT2D eigenvalue weighted by molar-refractivity contribution is 5.79. The van der Waals surface area contributed by atoms with Crippen LogP contribution in [0.2, 0.25) is 0 Å². The quantitative estimate of drug-likeness (QED) is 0.521. The highest BCUT2D eigenvalue weighted by atomic mass is 16.4. The summed E-state index contributed by atoms with van der Waals surface area (Å²) in [5.41, 5.74) is 4.11. The van der Waals surface area contributed by atoms with Gasteiger partial charge < -0.3 is 15.9 Å². The Balaban J connectivity index is 2.65. The van der Waals surface area contributed by atoms with Gasteiger partial charge in [-0.05, 0) is 18.8 Å². The first-order valence-electron chi connectivity index (χ1n) is 3.74. The zero-order valence-corrected chi connectivity index (χ0v) is 6.29. The Morgan fingerprint density at radius 1 is 1.64 bits per heavy atom. The number of hydrogen-bond donors (Lipinski definition) is 3. The van der Waals surface area contributed by atoms with Crippen LogP contribution in [0.4, 0.5) is 0 Å². The van der Waals surface area contributed by atoms with E-state index in [2.05, 4.69) is 0 Å². The summed E-state index contributed by atoms with van der Waals surface area (Å²) >= 11 is 0. The van der Waals surface area contributed by atoms with Crippen LogP contribution in [0, 0.1) is 5.92 Å². The van der Waals surface area contributed by atoms with Crippen molar-refractivity contribution >= 4 is 5.97 Å². The molecule has 4 nitrogen and oxygen atoms in total. The van der Waals surface area contributed by atoms with E-state index >= 15 is 0 Å². The van der Waals surface area contributed by atoms with Crippen LogP contribution < -0.4 is 5.73 Å². The zero-order valence-electron chi connectivity index (χ0n) is 6.29. The largest absolute Gasteiger partial charge is 0.480 e. The van der Waals surface area contributed by atoms with Gasteiger partial charge in [-0.1, -0.05) is 6.42 Å². The Labute approximate surface area is 65.0 Å². The van der Waals surface area contributed by atoms with Crippen molar-refractivity contribution < 1.29 is 15.0 Å². The highest BCUT2D eigenvalue weighted by Crippen LogP contribution is 2.34. The maximum atomic E-state index is 10.6. The fourth-order valence-corrected chi connectivity index (χ4v) is 1.29. The minimum atomic E-state index is -1.39. The molecule has 1 aliphatic carbocycles. The van der Waals surface area contributed by atoms with Crippen LogP contribution in [0.15, 0.2) is 0 Å². The molecule has 0 amide bonds. The van der Waals surface area contributed by atoms with Gasteiger partial charge in [0.2, 0.25) is 0 Å². The minimum Gasteiger partial charge on any atom is -0.480 e. The van der Waals surface area contributed by atoms with Gasteiger partial charge in [0.1, 0.15) is 5.54 Å².